The second-order valence-corrected chi connectivity index (χ2v) is 14.5. The predicted octanol–water partition coefficient (Wildman–Crippen LogP) is 5.67. The molecule has 1 aromatic carbocycles. The molecular weight excluding hydrogens is 402 g/mol. The molecule has 0 aliphatic carbocycles. The Morgan fingerprint density at radius 2 is 1.83 bits per heavy atom. The molecule has 0 atom stereocenters. The van der Waals surface area contributed by atoms with Gasteiger partial charge in [-0.3, -0.25) is 0 Å². The van der Waals surface area contributed by atoms with Crippen LogP contribution in [0.25, 0.3) is 11.1 Å². The van der Waals surface area contributed by atoms with Gasteiger partial charge >= 0.3 is 0 Å². The van der Waals surface area contributed by atoms with E-state index in [1.165, 1.54) is 6.04 Å². The van der Waals surface area contributed by atoms with Crippen molar-refractivity contribution >= 4 is 25.4 Å². The maximum absolute atomic E-state index is 5.98. The van der Waals surface area contributed by atoms with Crippen molar-refractivity contribution in [2.24, 2.45) is 0 Å². The smallest absolute Gasteiger partial charge is 0.223 e. The molecule has 0 saturated carbocycles. The molecule has 2 aromatic rings. The van der Waals surface area contributed by atoms with Crippen LogP contribution in [0.15, 0.2) is 55.1 Å². The van der Waals surface area contributed by atoms with Crippen molar-refractivity contribution in [3.05, 3.63) is 65.8 Å². The summed E-state index contributed by atoms with van der Waals surface area (Å²) in [4.78, 5) is 8.41. The summed E-state index contributed by atoms with van der Waals surface area (Å²) in [6.45, 7) is 8.98. The number of nitrogens with zero attached hydrogens (tertiary/aromatic N) is 3. The van der Waals surface area contributed by atoms with Gasteiger partial charge < -0.3 is 19.3 Å². The second kappa shape index (κ2) is 8.22. The molecule has 0 radical (unpaired) electrons. The first-order valence-corrected chi connectivity index (χ1v) is 13.9. The fourth-order valence-corrected chi connectivity index (χ4v) is 4.12. The maximum atomic E-state index is 5.98. The minimum atomic E-state index is -1.04. The third kappa shape index (κ3) is 4.83. The second-order valence-electron chi connectivity index (χ2n) is 8.48. The minimum absolute atomic E-state index is 0.446. The van der Waals surface area contributed by atoms with Crippen LogP contribution >= 0.6 is 11.6 Å². The van der Waals surface area contributed by atoms with Gasteiger partial charge in [0.1, 0.15) is 18.5 Å². The van der Waals surface area contributed by atoms with Crippen molar-refractivity contribution in [3.63, 3.8) is 0 Å². The van der Waals surface area contributed by atoms with E-state index in [2.05, 4.69) is 47.7 Å². The Morgan fingerprint density at radius 1 is 1.07 bits per heavy atom. The Morgan fingerprint density at radius 3 is 2.59 bits per heavy atom. The Hall–Kier alpha value is -2.28. The number of fused-ring (bicyclic) bond motifs is 3. The van der Waals surface area contributed by atoms with E-state index in [1.807, 2.05) is 35.8 Å². The first-order chi connectivity index (χ1) is 13.9. The molecular formula is C22H26ClN3O2Si. The number of ether oxygens (including phenoxy) is 2. The number of pyridine rings is 1. The van der Waals surface area contributed by atoms with E-state index in [0.717, 1.165) is 29.0 Å². The summed E-state index contributed by atoms with van der Waals surface area (Å²) < 4.78 is 11.6. The van der Waals surface area contributed by atoms with Gasteiger partial charge in [0, 0.05) is 50.7 Å². The van der Waals surface area contributed by atoms with Gasteiger partial charge in [-0.1, -0.05) is 37.3 Å². The molecule has 4 rings (SSSR count). The number of benzene rings is 1. The number of hydrogen-bond donors (Lipinski definition) is 0. The number of halogens is 1. The Labute approximate surface area is 178 Å². The molecule has 0 bridgehead atoms. The van der Waals surface area contributed by atoms with Crippen LogP contribution in [0.3, 0.4) is 0 Å². The van der Waals surface area contributed by atoms with Crippen LogP contribution in [-0.2, 0) is 11.3 Å². The molecule has 29 heavy (non-hydrogen) atoms. The molecule has 7 heteroatoms. The lowest BCUT2D eigenvalue weighted by Gasteiger charge is -2.27. The molecule has 1 aromatic heterocycles. The van der Waals surface area contributed by atoms with Gasteiger partial charge in [0.25, 0.3) is 0 Å². The SMILES string of the molecule is C[Si](C)(C)CCOCN1C=CN(c2ccc3c(c2)COc2nc(Cl)ccc2-3)C=C1. The van der Waals surface area contributed by atoms with Crippen molar-refractivity contribution in [2.45, 2.75) is 32.3 Å². The van der Waals surface area contributed by atoms with Gasteiger partial charge in [0.2, 0.25) is 5.88 Å². The average Bonchev–Trinajstić information content (AvgIpc) is 2.70. The lowest BCUT2D eigenvalue weighted by molar-refractivity contribution is 0.0836. The fraction of sp³-hybridized carbons (Fsp3) is 0.318. The maximum Gasteiger partial charge on any atom is 0.223 e. The highest BCUT2D eigenvalue weighted by Gasteiger charge is 2.20. The van der Waals surface area contributed by atoms with Crippen LogP contribution in [0.5, 0.6) is 5.88 Å². The standard InChI is InChI=1S/C22H26ClN3O2Si/c1-29(2,3)13-12-27-16-25-8-10-26(11-9-25)18-4-5-19-17(14-18)15-28-22-20(19)6-7-21(23)24-22/h4-11,14H,12-13,15-16H2,1-3H3. The summed E-state index contributed by atoms with van der Waals surface area (Å²) in [6, 6.07) is 11.3. The Kier molecular flexibility index (Phi) is 5.67. The number of anilines is 1. The van der Waals surface area contributed by atoms with Gasteiger partial charge in [-0.2, -0.15) is 0 Å². The third-order valence-electron chi connectivity index (χ3n) is 4.94. The van der Waals surface area contributed by atoms with E-state index in [4.69, 9.17) is 21.1 Å². The van der Waals surface area contributed by atoms with Crippen molar-refractivity contribution in [3.8, 4) is 17.0 Å². The predicted molar refractivity (Wildman–Crippen MR) is 121 cm³/mol. The zero-order valence-corrected chi connectivity index (χ0v) is 18.8. The van der Waals surface area contributed by atoms with E-state index in [1.54, 1.807) is 6.07 Å². The summed E-state index contributed by atoms with van der Waals surface area (Å²) in [7, 11) is -1.04. The van der Waals surface area contributed by atoms with E-state index in [9.17, 15) is 0 Å². The van der Waals surface area contributed by atoms with Crippen molar-refractivity contribution in [2.75, 3.05) is 18.2 Å². The summed E-state index contributed by atoms with van der Waals surface area (Å²) in [5.41, 5.74) is 4.35. The molecule has 152 valence electrons. The summed E-state index contributed by atoms with van der Waals surface area (Å²) >= 11 is 5.98. The Balaban J connectivity index is 1.40. The molecule has 2 aliphatic heterocycles. The molecule has 0 fully saturated rings. The van der Waals surface area contributed by atoms with Gasteiger partial charge in [-0.25, -0.2) is 4.98 Å². The van der Waals surface area contributed by atoms with E-state index >= 15 is 0 Å². The molecule has 0 N–H and O–H groups in total. The summed E-state index contributed by atoms with van der Waals surface area (Å²) in [5.74, 6) is 0.597. The molecule has 5 nitrogen and oxygen atoms in total. The zero-order chi connectivity index (χ0) is 20.4. The quantitative estimate of drug-likeness (QED) is 0.337. The zero-order valence-electron chi connectivity index (χ0n) is 17.1. The summed E-state index contributed by atoms with van der Waals surface area (Å²) in [6.07, 6.45) is 8.16. The van der Waals surface area contributed by atoms with Crippen molar-refractivity contribution < 1.29 is 9.47 Å². The summed E-state index contributed by atoms with van der Waals surface area (Å²) in [5, 5.41) is 0.446. The first kappa shape index (κ1) is 20.0. The van der Waals surface area contributed by atoms with E-state index in [-0.39, 0.29) is 0 Å². The lowest BCUT2D eigenvalue weighted by atomic mass is 9.98. The van der Waals surface area contributed by atoms with Gasteiger partial charge in [-0.15, -0.1) is 0 Å². The van der Waals surface area contributed by atoms with Gasteiger partial charge in [0.05, 0.1) is 0 Å². The highest BCUT2D eigenvalue weighted by Crippen LogP contribution is 2.38. The minimum Gasteiger partial charge on any atom is -0.472 e. The highest BCUT2D eigenvalue weighted by atomic mass is 35.5. The molecule has 0 unspecified atom stereocenters. The van der Waals surface area contributed by atoms with Crippen LogP contribution in [0.1, 0.15) is 5.56 Å². The third-order valence-corrected chi connectivity index (χ3v) is 6.86. The first-order valence-electron chi connectivity index (χ1n) is 9.80. The molecule has 0 spiro atoms. The molecule has 2 aliphatic rings. The van der Waals surface area contributed by atoms with Gasteiger partial charge in [-0.05, 0) is 41.4 Å². The molecule has 0 saturated heterocycles. The van der Waals surface area contributed by atoms with Crippen LogP contribution in [0.2, 0.25) is 30.8 Å². The van der Waals surface area contributed by atoms with Gasteiger partial charge in [0.15, 0.2) is 0 Å². The fourth-order valence-electron chi connectivity index (χ4n) is 3.22. The average molecular weight is 428 g/mol. The Bertz CT molecular complexity index is 942. The number of rotatable bonds is 6. The topological polar surface area (TPSA) is 37.8 Å². The molecule has 3 heterocycles. The van der Waals surface area contributed by atoms with Crippen LogP contribution in [-0.4, -0.2) is 31.3 Å². The van der Waals surface area contributed by atoms with Crippen LogP contribution < -0.4 is 9.64 Å². The molecule has 0 amide bonds. The number of hydrogen-bond acceptors (Lipinski definition) is 5. The highest BCUT2D eigenvalue weighted by molar-refractivity contribution is 6.76. The van der Waals surface area contributed by atoms with Crippen molar-refractivity contribution in [1.82, 2.24) is 9.88 Å². The van der Waals surface area contributed by atoms with Crippen LogP contribution in [0, 0.1) is 0 Å². The lowest BCUT2D eigenvalue weighted by Crippen LogP contribution is -2.25. The number of aromatic nitrogens is 1. The van der Waals surface area contributed by atoms with E-state index < -0.39 is 8.07 Å². The van der Waals surface area contributed by atoms with E-state index in [0.29, 0.717) is 24.4 Å². The van der Waals surface area contributed by atoms with Crippen molar-refractivity contribution in [1.29, 1.82) is 0 Å². The largest absolute Gasteiger partial charge is 0.472 e. The van der Waals surface area contributed by atoms with Crippen LogP contribution in [0.4, 0.5) is 5.69 Å². The normalized spacial score (nSPS) is 15.2. The monoisotopic (exact) mass is 427 g/mol.